The molecule has 1 fully saturated rings. The number of imide groups is 2. The molecule has 1 aliphatic rings. The molecular weight excluding hydrogens is 383 g/mol. The Morgan fingerprint density at radius 2 is 1.52 bits per heavy atom. The highest BCUT2D eigenvalue weighted by Gasteiger charge is 2.36. The Morgan fingerprint density at radius 3 is 2.03 bits per heavy atom. The summed E-state index contributed by atoms with van der Waals surface area (Å²) in [6.45, 7) is 0. The maximum absolute atomic E-state index is 13.2. The molecule has 0 aromatic heterocycles. The summed E-state index contributed by atoms with van der Waals surface area (Å²) in [4.78, 5) is 38.1. The molecule has 3 rings (SSSR count). The number of ether oxygens (including phenoxy) is 3. The standard InChI is InChI=1S/C20H17FN2O6/c1-27-15-9-11(10-16(28-2)17(15)29-3)8-14-18(24)22-20(26)23(19(14)25)13-6-4-12(21)5-7-13/h4-10H,1-3H3,(H,22,24,26). The van der Waals surface area contributed by atoms with Crippen molar-refractivity contribution in [2.75, 3.05) is 26.2 Å². The number of amides is 4. The Morgan fingerprint density at radius 1 is 0.931 bits per heavy atom. The number of carbonyl (C=O) groups is 3. The van der Waals surface area contributed by atoms with E-state index in [0.717, 1.165) is 17.0 Å². The van der Waals surface area contributed by atoms with E-state index in [1.807, 2.05) is 0 Å². The van der Waals surface area contributed by atoms with Crippen molar-refractivity contribution in [3.8, 4) is 17.2 Å². The van der Waals surface area contributed by atoms with Crippen LogP contribution in [0.2, 0.25) is 0 Å². The molecule has 1 heterocycles. The van der Waals surface area contributed by atoms with Crippen LogP contribution in [-0.2, 0) is 9.59 Å². The van der Waals surface area contributed by atoms with Gasteiger partial charge in [-0.25, -0.2) is 14.1 Å². The number of carbonyl (C=O) groups excluding carboxylic acids is 3. The quantitative estimate of drug-likeness (QED) is 0.612. The van der Waals surface area contributed by atoms with Crippen LogP contribution in [0.5, 0.6) is 17.2 Å². The SMILES string of the molecule is COc1cc(C=C2C(=O)NC(=O)N(c3ccc(F)cc3)C2=O)cc(OC)c1OC. The first-order chi connectivity index (χ1) is 13.9. The molecular formula is C20H17FN2O6. The van der Waals surface area contributed by atoms with Crippen molar-refractivity contribution in [2.45, 2.75) is 0 Å². The van der Waals surface area contributed by atoms with Gasteiger partial charge < -0.3 is 14.2 Å². The third-order valence-corrected chi connectivity index (χ3v) is 4.18. The molecule has 0 radical (unpaired) electrons. The van der Waals surface area contributed by atoms with E-state index < -0.39 is 23.7 Å². The molecule has 8 nitrogen and oxygen atoms in total. The number of nitrogens with zero attached hydrogens (tertiary/aromatic N) is 1. The van der Waals surface area contributed by atoms with Crippen LogP contribution in [0.25, 0.3) is 6.08 Å². The summed E-state index contributed by atoms with van der Waals surface area (Å²) >= 11 is 0. The molecule has 0 bridgehead atoms. The number of barbiturate groups is 1. The van der Waals surface area contributed by atoms with Crippen LogP contribution in [0.1, 0.15) is 5.56 Å². The van der Waals surface area contributed by atoms with Crippen molar-refractivity contribution in [3.63, 3.8) is 0 Å². The Hall–Kier alpha value is -3.88. The van der Waals surface area contributed by atoms with Gasteiger partial charge in [0, 0.05) is 0 Å². The molecule has 1 saturated heterocycles. The molecule has 1 N–H and O–H groups in total. The second-order valence-electron chi connectivity index (χ2n) is 5.89. The van der Waals surface area contributed by atoms with Gasteiger partial charge in [-0.1, -0.05) is 0 Å². The number of anilines is 1. The fourth-order valence-electron chi connectivity index (χ4n) is 2.83. The average Bonchev–Trinajstić information content (AvgIpc) is 2.71. The highest BCUT2D eigenvalue weighted by molar-refractivity contribution is 6.39. The van der Waals surface area contributed by atoms with E-state index in [2.05, 4.69) is 5.32 Å². The number of nitrogens with one attached hydrogen (secondary N) is 1. The van der Waals surface area contributed by atoms with Gasteiger partial charge in [-0.2, -0.15) is 0 Å². The highest BCUT2D eigenvalue weighted by atomic mass is 19.1. The van der Waals surface area contributed by atoms with Crippen LogP contribution in [0, 0.1) is 5.82 Å². The van der Waals surface area contributed by atoms with Gasteiger partial charge in [-0.05, 0) is 48.0 Å². The van der Waals surface area contributed by atoms with Crippen LogP contribution in [-0.4, -0.2) is 39.2 Å². The third-order valence-electron chi connectivity index (χ3n) is 4.18. The van der Waals surface area contributed by atoms with Crippen molar-refractivity contribution >= 4 is 29.6 Å². The second kappa shape index (κ2) is 8.01. The molecule has 4 amide bonds. The van der Waals surface area contributed by atoms with Gasteiger partial charge in [-0.15, -0.1) is 0 Å². The molecule has 150 valence electrons. The minimum atomic E-state index is -0.923. The number of benzene rings is 2. The van der Waals surface area contributed by atoms with E-state index in [1.54, 1.807) is 12.1 Å². The van der Waals surface area contributed by atoms with E-state index in [1.165, 1.54) is 39.5 Å². The van der Waals surface area contributed by atoms with Gasteiger partial charge in [0.2, 0.25) is 5.75 Å². The third kappa shape index (κ3) is 3.75. The zero-order valence-corrected chi connectivity index (χ0v) is 15.8. The summed E-state index contributed by atoms with van der Waals surface area (Å²) in [5.41, 5.74) is 0.242. The van der Waals surface area contributed by atoms with Crippen LogP contribution in [0.3, 0.4) is 0 Å². The van der Waals surface area contributed by atoms with Crippen LogP contribution < -0.4 is 24.4 Å². The molecule has 0 unspecified atom stereocenters. The summed E-state index contributed by atoms with van der Waals surface area (Å²) in [6, 6.07) is 6.92. The largest absolute Gasteiger partial charge is 0.493 e. The lowest BCUT2D eigenvalue weighted by Gasteiger charge is -2.26. The van der Waals surface area contributed by atoms with Gasteiger partial charge in [0.1, 0.15) is 11.4 Å². The van der Waals surface area contributed by atoms with E-state index in [9.17, 15) is 18.8 Å². The maximum atomic E-state index is 13.2. The Kier molecular flexibility index (Phi) is 5.49. The van der Waals surface area contributed by atoms with Crippen molar-refractivity contribution in [1.29, 1.82) is 0 Å². The molecule has 0 atom stereocenters. The number of rotatable bonds is 5. The maximum Gasteiger partial charge on any atom is 0.335 e. The van der Waals surface area contributed by atoms with E-state index >= 15 is 0 Å². The van der Waals surface area contributed by atoms with Gasteiger partial charge in [0.25, 0.3) is 11.8 Å². The number of hydrogen-bond acceptors (Lipinski definition) is 6. The first kappa shape index (κ1) is 19.9. The zero-order valence-electron chi connectivity index (χ0n) is 15.8. The predicted molar refractivity (Wildman–Crippen MR) is 101 cm³/mol. The van der Waals surface area contributed by atoms with Gasteiger partial charge in [0.05, 0.1) is 27.0 Å². The lowest BCUT2D eigenvalue weighted by molar-refractivity contribution is -0.122. The number of halogens is 1. The van der Waals surface area contributed by atoms with Crippen LogP contribution >= 0.6 is 0 Å². The molecule has 2 aromatic rings. The number of urea groups is 1. The first-order valence-electron chi connectivity index (χ1n) is 8.36. The number of methoxy groups -OCH3 is 3. The van der Waals surface area contributed by atoms with Gasteiger partial charge in [-0.3, -0.25) is 14.9 Å². The van der Waals surface area contributed by atoms with Crippen molar-refractivity contribution in [1.82, 2.24) is 5.32 Å². The summed E-state index contributed by atoms with van der Waals surface area (Å²) in [5.74, 6) is -1.23. The topological polar surface area (TPSA) is 94.2 Å². The predicted octanol–water partition coefficient (Wildman–Crippen LogP) is 2.52. The fourth-order valence-corrected chi connectivity index (χ4v) is 2.83. The highest BCUT2D eigenvalue weighted by Crippen LogP contribution is 2.39. The van der Waals surface area contributed by atoms with Gasteiger partial charge in [0.15, 0.2) is 11.5 Å². The van der Waals surface area contributed by atoms with Crippen molar-refractivity contribution in [2.24, 2.45) is 0 Å². The Bertz CT molecular complexity index is 991. The molecule has 0 aliphatic carbocycles. The molecule has 29 heavy (non-hydrogen) atoms. The summed E-state index contributed by atoms with van der Waals surface area (Å²) in [6.07, 6.45) is 1.30. The van der Waals surface area contributed by atoms with Crippen LogP contribution in [0.15, 0.2) is 42.0 Å². The zero-order chi connectivity index (χ0) is 21.1. The monoisotopic (exact) mass is 400 g/mol. The first-order valence-corrected chi connectivity index (χ1v) is 8.36. The molecule has 0 saturated carbocycles. The summed E-state index contributed by atoms with van der Waals surface area (Å²) in [5, 5.41) is 2.10. The minimum Gasteiger partial charge on any atom is -0.493 e. The van der Waals surface area contributed by atoms with E-state index in [-0.39, 0.29) is 11.3 Å². The molecule has 9 heteroatoms. The number of hydrogen-bond donors (Lipinski definition) is 1. The smallest absolute Gasteiger partial charge is 0.335 e. The average molecular weight is 400 g/mol. The van der Waals surface area contributed by atoms with Crippen molar-refractivity contribution < 1.29 is 33.0 Å². The Balaban J connectivity index is 2.06. The fraction of sp³-hybridized carbons (Fsp3) is 0.150. The summed E-state index contributed by atoms with van der Waals surface area (Å²) in [7, 11) is 4.31. The van der Waals surface area contributed by atoms with Gasteiger partial charge >= 0.3 is 6.03 Å². The molecule has 0 spiro atoms. The Labute approximate surface area is 165 Å². The van der Waals surface area contributed by atoms with Crippen molar-refractivity contribution in [3.05, 3.63) is 53.4 Å². The minimum absolute atomic E-state index is 0.122. The van der Waals surface area contributed by atoms with Crippen LogP contribution in [0.4, 0.5) is 14.9 Å². The lowest BCUT2D eigenvalue weighted by atomic mass is 10.1. The normalized spacial score (nSPS) is 15.4. The lowest BCUT2D eigenvalue weighted by Crippen LogP contribution is -2.54. The second-order valence-corrected chi connectivity index (χ2v) is 5.89. The summed E-state index contributed by atoms with van der Waals surface area (Å²) < 4.78 is 28.9. The molecule has 1 aliphatic heterocycles. The molecule has 2 aromatic carbocycles. The van der Waals surface area contributed by atoms with E-state index in [4.69, 9.17) is 14.2 Å². The van der Waals surface area contributed by atoms with E-state index in [0.29, 0.717) is 22.8 Å².